The lowest BCUT2D eigenvalue weighted by molar-refractivity contribution is -0.438. The summed E-state index contributed by atoms with van der Waals surface area (Å²) in [4.78, 5) is 0. The van der Waals surface area contributed by atoms with E-state index in [0.717, 1.165) is 22.7 Å². The summed E-state index contributed by atoms with van der Waals surface area (Å²) in [6, 6.07) is 5.89. The SMILES string of the molecule is COc1ccc2c(c1)C(C)(C)C(C)=[N+]2CCCS(=O)(=O)[O-]. The predicted octanol–water partition coefficient (Wildman–Crippen LogP) is 2.03. The molecule has 6 heteroatoms. The summed E-state index contributed by atoms with van der Waals surface area (Å²) in [5, 5.41) is 0. The molecule has 0 radical (unpaired) electrons. The van der Waals surface area contributed by atoms with Crippen LogP contribution in [-0.4, -0.2) is 42.7 Å². The van der Waals surface area contributed by atoms with E-state index >= 15 is 0 Å². The van der Waals surface area contributed by atoms with Gasteiger partial charge in [0.2, 0.25) is 5.69 Å². The van der Waals surface area contributed by atoms with Crippen LogP contribution in [0.15, 0.2) is 18.2 Å². The zero-order valence-corrected chi connectivity index (χ0v) is 13.7. The molecule has 5 nitrogen and oxygen atoms in total. The molecule has 0 unspecified atom stereocenters. The molecule has 1 aliphatic rings. The highest BCUT2D eigenvalue weighted by Gasteiger charge is 2.42. The largest absolute Gasteiger partial charge is 0.748 e. The number of rotatable bonds is 5. The first-order valence-electron chi connectivity index (χ1n) is 6.90. The number of methoxy groups -OCH3 is 1. The van der Waals surface area contributed by atoms with E-state index in [0.29, 0.717) is 13.0 Å². The monoisotopic (exact) mass is 311 g/mol. The van der Waals surface area contributed by atoms with Gasteiger partial charge < -0.3 is 9.29 Å². The molecule has 116 valence electrons. The highest BCUT2D eigenvalue weighted by molar-refractivity contribution is 7.85. The van der Waals surface area contributed by atoms with Crippen molar-refractivity contribution in [1.82, 2.24) is 0 Å². The maximum absolute atomic E-state index is 10.7. The highest BCUT2D eigenvalue weighted by Crippen LogP contribution is 2.41. The van der Waals surface area contributed by atoms with Crippen LogP contribution in [0.3, 0.4) is 0 Å². The summed E-state index contributed by atoms with van der Waals surface area (Å²) in [5.41, 5.74) is 3.22. The zero-order chi connectivity index (χ0) is 15.8. The van der Waals surface area contributed by atoms with E-state index < -0.39 is 10.1 Å². The zero-order valence-electron chi connectivity index (χ0n) is 12.8. The van der Waals surface area contributed by atoms with Crippen LogP contribution in [0.5, 0.6) is 5.75 Å². The van der Waals surface area contributed by atoms with Crippen molar-refractivity contribution in [2.45, 2.75) is 32.6 Å². The molecule has 1 heterocycles. The molecule has 0 saturated heterocycles. The van der Waals surface area contributed by atoms with E-state index in [1.165, 1.54) is 0 Å². The standard InChI is InChI=1S/C15H21NO4S/c1-11-15(2,3)13-10-12(20-4)6-7-14(13)16(11)8-5-9-21(17,18)19/h6-7,10H,5,8-9H2,1-4H3. The second-order valence-electron chi connectivity index (χ2n) is 5.86. The molecule has 1 aromatic carbocycles. The van der Waals surface area contributed by atoms with Crippen LogP contribution in [0.1, 0.15) is 32.8 Å². The van der Waals surface area contributed by atoms with Crippen LogP contribution in [0.2, 0.25) is 0 Å². The Morgan fingerprint density at radius 2 is 2.00 bits per heavy atom. The molecule has 0 atom stereocenters. The van der Waals surface area contributed by atoms with Crippen molar-refractivity contribution in [3.05, 3.63) is 23.8 Å². The second kappa shape index (κ2) is 5.42. The molecule has 1 aliphatic heterocycles. The molecule has 0 saturated carbocycles. The van der Waals surface area contributed by atoms with E-state index in [9.17, 15) is 13.0 Å². The summed E-state index contributed by atoms with van der Waals surface area (Å²) in [6.07, 6.45) is 0.324. The molecule has 2 rings (SSSR count). The Labute approximate surface area is 126 Å². The van der Waals surface area contributed by atoms with Crippen LogP contribution < -0.4 is 4.74 Å². The molecule has 0 spiro atoms. The Balaban J connectivity index is 2.32. The minimum atomic E-state index is -4.16. The normalized spacial score (nSPS) is 17.0. The first kappa shape index (κ1) is 16.0. The van der Waals surface area contributed by atoms with Crippen molar-refractivity contribution in [3.8, 4) is 5.75 Å². The molecule has 0 aromatic heterocycles. The van der Waals surface area contributed by atoms with Gasteiger partial charge >= 0.3 is 0 Å². The fraction of sp³-hybridized carbons (Fsp3) is 0.533. The molecular weight excluding hydrogens is 290 g/mol. The van der Waals surface area contributed by atoms with Crippen LogP contribution in [0.25, 0.3) is 0 Å². The first-order chi connectivity index (χ1) is 9.66. The van der Waals surface area contributed by atoms with Crippen LogP contribution in [0, 0.1) is 0 Å². The Bertz CT molecular complexity index is 690. The fourth-order valence-electron chi connectivity index (χ4n) is 2.78. The number of hydrogen-bond acceptors (Lipinski definition) is 4. The van der Waals surface area contributed by atoms with Gasteiger partial charge in [0.1, 0.15) is 12.3 Å². The molecule has 0 amide bonds. The molecular formula is C15H21NO4S. The Morgan fingerprint density at radius 1 is 1.33 bits per heavy atom. The quantitative estimate of drug-likeness (QED) is 0.616. The van der Waals surface area contributed by atoms with Gasteiger partial charge in [-0.2, -0.15) is 4.58 Å². The van der Waals surface area contributed by atoms with E-state index in [1.54, 1.807) is 7.11 Å². The van der Waals surface area contributed by atoms with Crippen molar-refractivity contribution in [3.63, 3.8) is 0 Å². The van der Waals surface area contributed by atoms with Crippen molar-refractivity contribution in [2.75, 3.05) is 19.4 Å². The lowest BCUT2D eigenvalue weighted by Gasteiger charge is -2.15. The molecule has 0 aliphatic carbocycles. The van der Waals surface area contributed by atoms with Crippen molar-refractivity contribution < 1.29 is 22.3 Å². The second-order valence-corrected chi connectivity index (χ2v) is 7.38. The van der Waals surface area contributed by atoms with Gasteiger partial charge in [0.05, 0.1) is 22.6 Å². The molecule has 21 heavy (non-hydrogen) atoms. The van der Waals surface area contributed by atoms with Gasteiger partial charge in [-0.1, -0.05) is 0 Å². The van der Waals surface area contributed by atoms with Crippen molar-refractivity contribution in [1.29, 1.82) is 0 Å². The topological polar surface area (TPSA) is 69.4 Å². The predicted molar refractivity (Wildman–Crippen MR) is 80.7 cm³/mol. The summed E-state index contributed by atoms with van der Waals surface area (Å²) in [6.45, 7) is 6.82. The average Bonchev–Trinajstić information content (AvgIpc) is 2.58. The van der Waals surface area contributed by atoms with E-state index in [-0.39, 0.29) is 11.2 Å². The molecule has 0 N–H and O–H groups in total. The van der Waals surface area contributed by atoms with Gasteiger partial charge in [-0.3, -0.25) is 0 Å². The smallest absolute Gasteiger partial charge is 0.209 e. The third-order valence-corrected chi connectivity index (χ3v) is 5.04. The lowest BCUT2D eigenvalue weighted by Crippen LogP contribution is -2.27. The minimum absolute atomic E-state index is 0.139. The molecule has 0 fully saturated rings. The Morgan fingerprint density at radius 3 is 2.57 bits per heavy atom. The Kier molecular flexibility index (Phi) is 4.13. The maximum atomic E-state index is 10.7. The Hall–Kier alpha value is -1.40. The summed E-state index contributed by atoms with van der Waals surface area (Å²) >= 11 is 0. The van der Waals surface area contributed by atoms with Crippen LogP contribution >= 0.6 is 0 Å². The van der Waals surface area contributed by atoms with E-state index in [2.05, 4.69) is 18.4 Å². The third-order valence-electron chi connectivity index (χ3n) is 4.25. The number of hydrogen-bond donors (Lipinski definition) is 0. The number of ether oxygens (including phenoxy) is 1. The average molecular weight is 311 g/mol. The molecule has 0 bridgehead atoms. The molecule has 1 aromatic rings. The van der Waals surface area contributed by atoms with Gasteiger partial charge in [0.15, 0.2) is 5.71 Å². The fourth-order valence-corrected chi connectivity index (χ4v) is 3.26. The third kappa shape index (κ3) is 3.11. The van der Waals surface area contributed by atoms with Crippen LogP contribution in [0.4, 0.5) is 5.69 Å². The van der Waals surface area contributed by atoms with E-state index in [1.807, 2.05) is 25.1 Å². The summed E-state index contributed by atoms with van der Waals surface area (Å²) in [7, 11) is -2.52. The van der Waals surface area contributed by atoms with Gasteiger partial charge in [-0.25, -0.2) is 8.42 Å². The van der Waals surface area contributed by atoms with Gasteiger partial charge in [-0.15, -0.1) is 0 Å². The summed E-state index contributed by atoms with van der Waals surface area (Å²) in [5.74, 6) is 0.474. The number of nitrogens with zero attached hydrogens (tertiary/aromatic N) is 1. The first-order valence-corrected chi connectivity index (χ1v) is 8.48. The van der Waals surface area contributed by atoms with Crippen molar-refractivity contribution in [2.24, 2.45) is 0 Å². The highest BCUT2D eigenvalue weighted by atomic mass is 32.2. The van der Waals surface area contributed by atoms with Crippen LogP contribution in [-0.2, 0) is 15.5 Å². The van der Waals surface area contributed by atoms with Gasteiger partial charge in [0.25, 0.3) is 0 Å². The lowest BCUT2D eigenvalue weighted by atomic mass is 9.82. The summed E-state index contributed by atoms with van der Waals surface area (Å²) < 4.78 is 39.6. The maximum Gasteiger partial charge on any atom is 0.209 e. The number of benzene rings is 1. The van der Waals surface area contributed by atoms with E-state index in [4.69, 9.17) is 4.74 Å². The number of fused-ring (bicyclic) bond motifs is 1. The van der Waals surface area contributed by atoms with Crippen molar-refractivity contribution >= 4 is 21.5 Å². The van der Waals surface area contributed by atoms with Gasteiger partial charge in [0, 0.05) is 30.7 Å². The minimum Gasteiger partial charge on any atom is -0.748 e. The van der Waals surface area contributed by atoms with Gasteiger partial charge in [-0.05, 0) is 26.0 Å².